The van der Waals surface area contributed by atoms with E-state index in [1.54, 1.807) is 19.1 Å². The number of rotatable bonds is 8. The summed E-state index contributed by atoms with van der Waals surface area (Å²) < 4.78 is 10.4. The van der Waals surface area contributed by atoms with E-state index in [0.717, 1.165) is 19.3 Å². The first kappa shape index (κ1) is 25.6. The van der Waals surface area contributed by atoms with Crippen molar-refractivity contribution >= 4 is 47.3 Å². The molecule has 2 atom stereocenters. The van der Waals surface area contributed by atoms with Crippen molar-refractivity contribution in [2.45, 2.75) is 38.3 Å². The molecule has 2 unspecified atom stereocenters. The Morgan fingerprint density at radius 1 is 1.26 bits per heavy atom. The number of nitrogens with two attached hydrogens (primary N) is 1. The number of hydrogen-bond acceptors (Lipinski definition) is 6. The summed E-state index contributed by atoms with van der Waals surface area (Å²) in [6.45, 7) is 2.36. The summed E-state index contributed by atoms with van der Waals surface area (Å²) in [5.74, 6) is 0.264. The highest BCUT2D eigenvalue weighted by atomic mass is 35.5. The topological polar surface area (TPSA) is 93.8 Å². The fourth-order valence-corrected chi connectivity index (χ4v) is 4.04. The Morgan fingerprint density at radius 2 is 1.97 bits per heavy atom. The highest BCUT2D eigenvalue weighted by Gasteiger charge is 2.21. The van der Waals surface area contributed by atoms with Crippen LogP contribution in [0.2, 0.25) is 10.0 Å². The molecule has 9 heteroatoms. The van der Waals surface area contributed by atoms with Gasteiger partial charge >= 0.3 is 5.97 Å². The van der Waals surface area contributed by atoms with Gasteiger partial charge in [-0.25, -0.2) is 4.79 Å². The molecule has 0 aliphatic heterocycles. The number of hydrogen-bond donors (Lipinski definition) is 3. The van der Waals surface area contributed by atoms with E-state index in [0.29, 0.717) is 40.2 Å². The molecule has 0 heterocycles. The molecule has 0 saturated carbocycles. The summed E-state index contributed by atoms with van der Waals surface area (Å²) in [5, 5.41) is 14.6. The number of anilines is 1. The monoisotopic (exact) mass is 488 g/mol. The molecule has 2 aromatic rings. The van der Waals surface area contributed by atoms with Crippen molar-refractivity contribution in [1.82, 2.24) is 5.32 Å². The van der Waals surface area contributed by atoms with Crippen molar-refractivity contribution in [3.05, 3.63) is 57.1 Å². The van der Waals surface area contributed by atoms with Crippen LogP contribution in [0.25, 0.3) is 0 Å². The van der Waals surface area contributed by atoms with Crippen LogP contribution in [0.15, 0.2) is 30.3 Å². The number of benzene rings is 2. The molecule has 4 N–H and O–H groups in total. The minimum atomic E-state index is -0.749. The molecular formula is C22H27Cl3N2O4. The van der Waals surface area contributed by atoms with Gasteiger partial charge in [0, 0.05) is 12.6 Å². The van der Waals surface area contributed by atoms with Gasteiger partial charge < -0.3 is 25.6 Å². The number of aliphatic hydroxyl groups is 1. The highest BCUT2D eigenvalue weighted by molar-refractivity contribution is 6.38. The molecule has 0 spiro atoms. The minimum absolute atomic E-state index is 0. The molecule has 2 aromatic carbocycles. The fraction of sp³-hybridized carbons (Fsp3) is 0.409. The molecule has 0 amide bonds. The molecule has 6 nitrogen and oxygen atoms in total. The third-order valence-corrected chi connectivity index (χ3v) is 5.78. The predicted molar refractivity (Wildman–Crippen MR) is 125 cm³/mol. The Kier molecular flexibility index (Phi) is 9.72. The number of carbonyl (C=O) groups excluding carboxylic acids is 1. The van der Waals surface area contributed by atoms with Gasteiger partial charge in [0.15, 0.2) is 6.61 Å². The van der Waals surface area contributed by atoms with E-state index < -0.39 is 6.10 Å². The van der Waals surface area contributed by atoms with Crippen molar-refractivity contribution in [3.8, 4) is 5.75 Å². The van der Waals surface area contributed by atoms with Crippen molar-refractivity contribution in [2.24, 2.45) is 0 Å². The number of aliphatic hydroxyl groups excluding tert-OH is 1. The Hall–Kier alpha value is -1.70. The van der Waals surface area contributed by atoms with Crippen LogP contribution in [0, 0.1) is 0 Å². The van der Waals surface area contributed by atoms with Crippen LogP contribution in [-0.2, 0) is 22.4 Å². The fourth-order valence-electron chi connectivity index (χ4n) is 3.53. The van der Waals surface area contributed by atoms with E-state index in [-0.39, 0.29) is 31.0 Å². The molecule has 0 bridgehead atoms. The van der Waals surface area contributed by atoms with Crippen molar-refractivity contribution in [3.63, 3.8) is 0 Å². The predicted octanol–water partition coefficient (Wildman–Crippen LogP) is 4.12. The molecule has 0 fully saturated rings. The Bertz CT molecular complexity index is 887. The molecule has 170 valence electrons. The van der Waals surface area contributed by atoms with Crippen LogP contribution in [0.1, 0.15) is 36.1 Å². The lowest BCUT2D eigenvalue weighted by molar-refractivity contribution is -0.145. The second kappa shape index (κ2) is 11.8. The Balaban J connectivity index is 0.00000341. The van der Waals surface area contributed by atoms with Gasteiger partial charge in [-0.05, 0) is 67.1 Å². The number of carbonyl (C=O) groups is 1. The summed E-state index contributed by atoms with van der Waals surface area (Å²) in [7, 11) is 0. The number of ether oxygens (including phenoxy) is 2. The number of fused-ring (bicyclic) bond motifs is 1. The van der Waals surface area contributed by atoms with E-state index in [4.69, 9.17) is 38.4 Å². The van der Waals surface area contributed by atoms with E-state index in [1.807, 2.05) is 18.2 Å². The smallest absolute Gasteiger partial charge is 0.344 e. The zero-order valence-electron chi connectivity index (χ0n) is 17.2. The molecule has 0 radical (unpaired) electrons. The van der Waals surface area contributed by atoms with E-state index in [2.05, 4.69) is 5.32 Å². The third kappa shape index (κ3) is 6.89. The maximum absolute atomic E-state index is 11.5. The first-order valence-electron chi connectivity index (χ1n) is 9.93. The first-order chi connectivity index (χ1) is 14.4. The molecule has 0 aromatic heterocycles. The van der Waals surface area contributed by atoms with Crippen LogP contribution in [-0.4, -0.2) is 36.9 Å². The van der Waals surface area contributed by atoms with Gasteiger partial charge in [0.25, 0.3) is 0 Å². The molecule has 0 saturated heterocycles. The molecular weight excluding hydrogens is 463 g/mol. The Morgan fingerprint density at radius 3 is 2.65 bits per heavy atom. The maximum Gasteiger partial charge on any atom is 0.344 e. The average Bonchev–Trinajstić information content (AvgIpc) is 2.73. The van der Waals surface area contributed by atoms with E-state index >= 15 is 0 Å². The maximum atomic E-state index is 11.5. The SMILES string of the molecule is CCOC(=O)COc1ccc2c(c1)CC(NCC(O)c1cc(Cl)c(N)c(Cl)c1)CC2.Cl. The zero-order valence-corrected chi connectivity index (χ0v) is 19.5. The molecule has 1 aliphatic carbocycles. The number of esters is 1. The van der Waals surface area contributed by atoms with Crippen molar-refractivity contribution < 1.29 is 19.4 Å². The molecule has 1 aliphatic rings. The highest BCUT2D eigenvalue weighted by Crippen LogP contribution is 2.31. The van der Waals surface area contributed by atoms with Crippen LogP contribution < -0.4 is 15.8 Å². The molecule has 3 rings (SSSR count). The summed E-state index contributed by atoms with van der Waals surface area (Å²) in [4.78, 5) is 11.5. The number of nitrogens with one attached hydrogen (secondary N) is 1. The lowest BCUT2D eigenvalue weighted by Crippen LogP contribution is -2.37. The van der Waals surface area contributed by atoms with E-state index in [1.165, 1.54) is 11.1 Å². The average molecular weight is 490 g/mol. The summed E-state index contributed by atoms with van der Waals surface area (Å²) in [6.07, 6.45) is 1.95. The van der Waals surface area contributed by atoms with Crippen molar-refractivity contribution in [2.75, 3.05) is 25.5 Å². The first-order valence-corrected chi connectivity index (χ1v) is 10.7. The van der Waals surface area contributed by atoms with Crippen LogP contribution in [0.3, 0.4) is 0 Å². The van der Waals surface area contributed by atoms with Crippen LogP contribution in [0.5, 0.6) is 5.75 Å². The quantitative estimate of drug-likeness (QED) is 0.381. The van der Waals surface area contributed by atoms with Gasteiger partial charge in [-0.3, -0.25) is 0 Å². The van der Waals surface area contributed by atoms with Gasteiger partial charge in [0.2, 0.25) is 0 Å². The largest absolute Gasteiger partial charge is 0.482 e. The van der Waals surface area contributed by atoms with Gasteiger partial charge in [0.05, 0.1) is 28.4 Å². The summed E-state index contributed by atoms with van der Waals surface area (Å²) >= 11 is 12.1. The number of nitrogen functional groups attached to an aromatic ring is 1. The van der Waals surface area contributed by atoms with Gasteiger partial charge in [-0.1, -0.05) is 29.3 Å². The van der Waals surface area contributed by atoms with Gasteiger partial charge in [-0.2, -0.15) is 0 Å². The minimum Gasteiger partial charge on any atom is -0.482 e. The lowest BCUT2D eigenvalue weighted by atomic mass is 9.88. The summed E-state index contributed by atoms with van der Waals surface area (Å²) in [5.41, 5.74) is 9.14. The van der Waals surface area contributed by atoms with E-state index in [9.17, 15) is 9.90 Å². The van der Waals surface area contributed by atoms with Gasteiger partial charge in [0.1, 0.15) is 5.75 Å². The van der Waals surface area contributed by atoms with Crippen LogP contribution >= 0.6 is 35.6 Å². The van der Waals surface area contributed by atoms with Crippen LogP contribution in [0.4, 0.5) is 5.69 Å². The Labute approximate surface area is 198 Å². The summed E-state index contributed by atoms with van der Waals surface area (Å²) in [6, 6.07) is 9.38. The number of halogens is 3. The third-order valence-electron chi connectivity index (χ3n) is 5.15. The molecule has 31 heavy (non-hydrogen) atoms. The van der Waals surface area contributed by atoms with Gasteiger partial charge in [-0.15, -0.1) is 12.4 Å². The standard InChI is InChI=1S/C22H26Cl2N2O4.ClH/c1-2-29-21(28)12-30-17-6-4-13-3-5-16(7-14(13)8-17)26-11-20(27)15-9-18(23)22(25)19(24)10-15;/h4,6,8-10,16,20,26-27H,2-3,5,7,11-12,25H2,1H3;1H. The lowest BCUT2D eigenvalue weighted by Gasteiger charge is -2.27. The van der Waals surface area contributed by atoms with Crippen molar-refractivity contribution in [1.29, 1.82) is 0 Å². The number of aryl methyl sites for hydroxylation is 1. The normalized spacial score (nSPS) is 16.1. The second-order valence-corrected chi connectivity index (χ2v) is 8.10. The zero-order chi connectivity index (χ0) is 21.7. The second-order valence-electron chi connectivity index (χ2n) is 7.29.